The maximum atomic E-state index is 10.8. The van der Waals surface area contributed by atoms with Crippen molar-refractivity contribution in [2.75, 3.05) is 0 Å². The van der Waals surface area contributed by atoms with Crippen molar-refractivity contribution in [1.82, 2.24) is 19.1 Å². The van der Waals surface area contributed by atoms with Crippen LogP contribution in [0.5, 0.6) is 0 Å². The van der Waals surface area contributed by atoms with E-state index in [1.807, 2.05) is 6.92 Å². The van der Waals surface area contributed by atoms with Gasteiger partial charge in [-0.3, -0.25) is 0 Å². The molecule has 0 saturated carbocycles. The molecule has 0 unspecified atom stereocenters. The van der Waals surface area contributed by atoms with E-state index in [1.165, 1.54) is 17.7 Å². The van der Waals surface area contributed by atoms with Crippen molar-refractivity contribution in [3.8, 4) is 0 Å². The summed E-state index contributed by atoms with van der Waals surface area (Å²) in [6.45, 7) is 2.29. The Hall–Kier alpha value is -1.76. The first kappa shape index (κ1) is 9.78. The first-order valence-corrected chi connectivity index (χ1v) is 4.98. The summed E-state index contributed by atoms with van der Waals surface area (Å²) >= 11 is 1.27. The summed E-state index contributed by atoms with van der Waals surface area (Å²) in [5.41, 5.74) is 0.824. The number of rotatable bonds is 3. The lowest BCUT2D eigenvalue weighted by molar-refractivity contribution is 0.0679. The van der Waals surface area contributed by atoms with Crippen LogP contribution in [-0.2, 0) is 6.54 Å². The molecule has 2 aromatic rings. The van der Waals surface area contributed by atoms with Gasteiger partial charge in [0.15, 0.2) is 0 Å². The standard InChI is InChI=1S/C8H8N4O2S/c1-5-6(15-11-10-5)4-12-3-2-9-7(12)8(13)14/h2-3H,4H2,1H3,(H,13,14). The number of carboxylic acids is 1. The van der Waals surface area contributed by atoms with Crippen LogP contribution in [0, 0.1) is 6.92 Å². The molecular formula is C8H8N4O2S. The molecule has 0 aliphatic rings. The van der Waals surface area contributed by atoms with Gasteiger partial charge in [0.1, 0.15) is 0 Å². The lowest BCUT2D eigenvalue weighted by Gasteiger charge is -2.02. The lowest BCUT2D eigenvalue weighted by atomic mass is 10.4. The van der Waals surface area contributed by atoms with E-state index in [4.69, 9.17) is 5.11 Å². The van der Waals surface area contributed by atoms with Crippen LogP contribution >= 0.6 is 11.5 Å². The zero-order valence-corrected chi connectivity index (χ0v) is 8.73. The van der Waals surface area contributed by atoms with Crippen LogP contribution in [0.3, 0.4) is 0 Å². The third-order valence-corrected chi connectivity index (χ3v) is 2.77. The fourth-order valence-corrected chi connectivity index (χ4v) is 1.82. The number of carbonyl (C=O) groups is 1. The van der Waals surface area contributed by atoms with Gasteiger partial charge < -0.3 is 9.67 Å². The van der Waals surface area contributed by atoms with E-state index in [2.05, 4.69) is 14.6 Å². The highest BCUT2D eigenvalue weighted by molar-refractivity contribution is 7.05. The molecule has 0 saturated heterocycles. The number of aromatic nitrogens is 4. The molecule has 0 atom stereocenters. The largest absolute Gasteiger partial charge is 0.475 e. The zero-order chi connectivity index (χ0) is 10.8. The summed E-state index contributed by atoms with van der Waals surface area (Å²) in [6.07, 6.45) is 3.09. The van der Waals surface area contributed by atoms with Crippen LogP contribution in [0.2, 0.25) is 0 Å². The predicted molar refractivity (Wildman–Crippen MR) is 52.9 cm³/mol. The van der Waals surface area contributed by atoms with Gasteiger partial charge in [-0.25, -0.2) is 9.78 Å². The number of carboxylic acid groups (broad SMARTS) is 1. The molecule has 15 heavy (non-hydrogen) atoms. The Morgan fingerprint density at radius 3 is 3.07 bits per heavy atom. The van der Waals surface area contributed by atoms with Crippen LogP contribution in [0.25, 0.3) is 0 Å². The predicted octanol–water partition coefficient (Wildman–Crippen LogP) is 0.790. The number of aromatic carboxylic acids is 1. The molecule has 0 aliphatic carbocycles. The minimum absolute atomic E-state index is 0.0304. The summed E-state index contributed by atoms with van der Waals surface area (Å²) in [5.74, 6) is -1.00. The third kappa shape index (κ3) is 1.86. The fourth-order valence-electron chi connectivity index (χ4n) is 1.19. The Bertz CT molecular complexity index is 490. The molecule has 0 amide bonds. The molecule has 1 N–H and O–H groups in total. The topological polar surface area (TPSA) is 80.9 Å². The molecule has 2 aromatic heterocycles. The highest BCUT2D eigenvalue weighted by atomic mass is 32.1. The SMILES string of the molecule is Cc1nnsc1Cn1ccnc1C(=O)O. The second-order valence-corrected chi connectivity index (χ2v) is 3.80. The van der Waals surface area contributed by atoms with Crippen molar-refractivity contribution in [2.45, 2.75) is 13.5 Å². The van der Waals surface area contributed by atoms with Gasteiger partial charge in [-0.05, 0) is 18.5 Å². The Balaban J connectivity index is 2.28. The van der Waals surface area contributed by atoms with Crippen molar-refractivity contribution in [3.05, 3.63) is 28.8 Å². The third-order valence-electron chi connectivity index (χ3n) is 1.97. The van der Waals surface area contributed by atoms with Gasteiger partial charge >= 0.3 is 5.97 Å². The quantitative estimate of drug-likeness (QED) is 0.833. The van der Waals surface area contributed by atoms with Crippen molar-refractivity contribution < 1.29 is 9.90 Å². The fraction of sp³-hybridized carbons (Fsp3) is 0.250. The van der Waals surface area contributed by atoms with Gasteiger partial charge in [0.25, 0.3) is 0 Å². The van der Waals surface area contributed by atoms with E-state index < -0.39 is 5.97 Å². The summed E-state index contributed by atoms with van der Waals surface area (Å²) in [4.78, 5) is 15.5. The van der Waals surface area contributed by atoms with E-state index in [-0.39, 0.29) is 5.82 Å². The van der Waals surface area contributed by atoms with E-state index in [1.54, 1.807) is 10.8 Å². The number of hydrogen-bond donors (Lipinski definition) is 1. The average molecular weight is 224 g/mol. The second kappa shape index (κ2) is 3.77. The van der Waals surface area contributed by atoms with Crippen LogP contribution in [0.4, 0.5) is 0 Å². The molecule has 0 fully saturated rings. The molecule has 0 radical (unpaired) electrons. The Morgan fingerprint density at radius 1 is 1.67 bits per heavy atom. The molecular weight excluding hydrogens is 216 g/mol. The Labute approximate surface area is 89.4 Å². The van der Waals surface area contributed by atoms with Crippen LogP contribution in [0.1, 0.15) is 21.2 Å². The average Bonchev–Trinajstić information content (AvgIpc) is 2.77. The normalized spacial score (nSPS) is 10.5. The summed E-state index contributed by atoms with van der Waals surface area (Å²) in [5, 5.41) is 12.7. The number of aryl methyl sites for hydroxylation is 1. The maximum absolute atomic E-state index is 10.8. The van der Waals surface area contributed by atoms with Crippen LogP contribution in [0.15, 0.2) is 12.4 Å². The lowest BCUT2D eigenvalue weighted by Crippen LogP contribution is -2.09. The van der Waals surface area contributed by atoms with Gasteiger partial charge in [0.05, 0.1) is 17.1 Å². The molecule has 0 bridgehead atoms. The molecule has 7 heteroatoms. The van der Waals surface area contributed by atoms with Crippen LogP contribution < -0.4 is 0 Å². The van der Waals surface area contributed by atoms with Gasteiger partial charge in [0.2, 0.25) is 5.82 Å². The van der Waals surface area contributed by atoms with Gasteiger partial charge in [0, 0.05) is 12.4 Å². The number of hydrogen-bond acceptors (Lipinski definition) is 5. The van der Waals surface area contributed by atoms with Gasteiger partial charge in [-0.1, -0.05) is 4.49 Å². The monoisotopic (exact) mass is 224 g/mol. The highest BCUT2D eigenvalue weighted by Gasteiger charge is 2.12. The molecule has 2 heterocycles. The number of nitrogens with zero attached hydrogens (tertiary/aromatic N) is 4. The summed E-state index contributed by atoms with van der Waals surface area (Å²) in [7, 11) is 0. The van der Waals surface area contributed by atoms with Crippen molar-refractivity contribution in [3.63, 3.8) is 0 Å². The van der Waals surface area contributed by atoms with Gasteiger partial charge in [-0.15, -0.1) is 5.10 Å². The van der Waals surface area contributed by atoms with E-state index >= 15 is 0 Å². The van der Waals surface area contributed by atoms with E-state index in [0.717, 1.165) is 10.6 Å². The van der Waals surface area contributed by atoms with Crippen molar-refractivity contribution >= 4 is 17.5 Å². The molecule has 0 spiro atoms. The second-order valence-electron chi connectivity index (χ2n) is 2.97. The van der Waals surface area contributed by atoms with Crippen molar-refractivity contribution in [2.24, 2.45) is 0 Å². The maximum Gasteiger partial charge on any atom is 0.372 e. The highest BCUT2D eigenvalue weighted by Crippen LogP contribution is 2.12. The molecule has 6 nitrogen and oxygen atoms in total. The number of imidazole rings is 1. The first-order chi connectivity index (χ1) is 7.18. The molecule has 78 valence electrons. The van der Waals surface area contributed by atoms with Crippen molar-refractivity contribution in [1.29, 1.82) is 0 Å². The smallest absolute Gasteiger partial charge is 0.372 e. The Morgan fingerprint density at radius 2 is 2.47 bits per heavy atom. The molecule has 0 aliphatic heterocycles. The first-order valence-electron chi connectivity index (χ1n) is 4.20. The van der Waals surface area contributed by atoms with Gasteiger partial charge in [-0.2, -0.15) is 0 Å². The molecule has 2 rings (SSSR count). The zero-order valence-electron chi connectivity index (χ0n) is 7.91. The van der Waals surface area contributed by atoms with Crippen LogP contribution in [-0.4, -0.2) is 30.2 Å². The minimum atomic E-state index is -1.03. The van der Waals surface area contributed by atoms with E-state index in [0.29, 0.717) is 6.54 Å². The summed E-state index contributed by atoms with van der Waals surface area (Å²) < 4.78 is 5.35. The minimum Gasteiger partial charge on any atom is -0.475 e. The molecule has 0 aromatic carbocycles. The Kier molecular flexibility index (Phi) is 2.46. The van der Waals surface area contributed by atoms with E-state index in [9.17, 15) is 4.79 Å². The summed E-state index contributed by atoms with van der Waals surface area (Å²) in [6, 6.07) is 0.